The summed E-state index contributed by atoms with van der Waals surface area (Å²) in [7, 11) is 0. The zero-order valence-corrected chi connectivity index (χ0v) is 13.3. The molecule has 2 nitrogen and oxygen atoms in total. The van der Waals surface area contributed by atoms with E-state index in [1.54, 1.807) is 0 Å². The maximum Gasteiger partial charge on any atom is 0.220 e. The van der Waals surface area contributed by atoms with Gasteiger partial charge < -0.3 is 5.32 Å². The fraction of sp³-hybridized carbons (Fsp3) is 0.562. The molecule has 1 aromatic rings. The van der Waals surface area contributed by atoms with Gasteiger partial charge >= 0.3 is 0 Å². The summed E-state index contributed by atoms with van der Waals surface area (Å²) in [6.45, 7) is 0.780. The van der Waals surface area contributed by atoms with E-state index in [0.29, 0.717) is 12.8 Å². The van der Waals surface area contributed by atoms with Crippen LogP contribution >= 0.6 is 23.4 Å². The summed E-state index contributed by atoms with van der Waals surface area (Å²) in [4.78, 5) is 11.8. The van der Waals surface area contributed by atoms with E-state index in [0.717, 1.165) is 28.1 Å². The van der Waals surface area contributed by atoms with Crippen molar-refractivity contribution in [3.8, 4) is 0 Å². The zero-order valence-electron chi connectivity index (χ0n) is 11.7. The molecule has 0 saturated heterocycles. The predicted octanol–water partition coefficient (Wildman–Crippen LogP) is 4.06. The summed E-state index contributed by atoms with van der Waals surface area (Å²) in [5.74, 6) is 1.15. The molecule has 1 amide bonds. The monoisotopic (exact) mass is 311 g/mol. The van der Waals surface area contributed by atoms with Gasteiger partial charge in [0.1, 0.15) is 0 Å². The van der Waals surface area contributed by atoms with Crippen molar-refractivity contribution in [3.63, 3.8) is 0 Å². The Hall–Kier alpha value is -0.670. The lowest BCUT2D eigenvalue weighted by Gasteiger charge is -2.09. The van der Waals surface area contributed by atoms with Gasteiger partial charge in [-0.1, -0.05) is 42.6 Å². The van der Waals surface area contributed by atoms with Crippen molar-refractivity contribution < 1.29 is 4.79 Å². The summed E-state index contributed by atoms with van der Waals surface area (Å²) in [6, 6.07) is 7.71. The lowest BCUT2D eigenvalue weighted by atomic mass is 10.1. The fourth-order valence-corrected chi connectivity index (χ4v) is 3.96. The van der Waals surface area contributed by atoms with E-state index in [1.165, 1.54) is 25.7 Å². The highest BCUT2D eigenvalue weighted by molar-refractivity contribution is 7.99. The highest BCUT2D eigenvalue weighted by Gasteiger charge is 2.14. The number of thioether (sulfide) groups is 1. The Morgan fingerprint density at radius 3 is 2.80 bits per heavy atom. The topological polar surface area (TPSA) is 29.1 Å². The van der Waals surface area contributed by atoms with Gasteiger partial charge in [0.2, 0.25) is 5.91 Å². The van der Waals surface area contributed by atoms with Crippen LogP contribution in [-0.2, 0) is 11.2 Å². The van der Waals surface area contributed by atoms with Gasteiger partial charge in [-0.05, 0) is 30.9 Å². The standard InChI is InChI=1S/C16H22ClNOS/c17-15-8-4-1-5-13(15)9-10-16(19)18-11-12-20-14-6-2-3-7-14/h1,4-5,8,14H,2-3,6-7,9-12H2,(H,18,19). The molecule has 1 N–H and O–H groups in total. The Labute approximate surface area is 130 Å². The van der Waals surface area contributed by atoms with Crippen LogP contribution in [0.3, 0.4) is 0 Å². The van der Waals surface area contributed by atoms with Gasteiger partial charge in [0.05, 0.1) is 0 Å². The van der Waals surface area contributed by atoms with Crippen LogP contribution in [-0.4, -0.2) is 23.5 Å². The van der Waals surface area contributed by atoms with Gasteiger partial charge in [0.25, 0.3) is 0 Å². The van der Waals surface area contributed by atoms with Crippen molar-refractivity contribution in [2.45, 2.75) is 43.8 Å². The molecule has 1 fully saturated rings. The van der Waals surface area contributed by atoms with Gasteiger partial charge in [0, 0.05) is 29.0 Å². The molecule has 1 aliphatic carbocycles. The molecule has 0 heterocycles. The Bertz CT molecular complexity index is 432. The van der Waals surface area contributed by atoms with Crippen molar-refractivity contribution in [3.05, 3.63) is 34.9 Å². The molecule has 20 heavy (non-hydrogen) atoms. The van der Waals surface area contributed by atoms with Gasteiger partial charge in [-0.2, -0.15) is 11.8 Å². The Morgan fingerprint density at radius 2 is 2.05 bits per heavy atom. The average molecular weight is 312 g/mol. The molecule has 1 saturated carbocycles. The van der Waals surface area contributed by atoms with Crippen LogP contribution in [0.15, 0.2) is 24.3 Å². The summed E-state index contributed by atoms with van der Waals surface area (Å²) < 4.78 is 0. The number of aryl methyl sites for hydroxylation is 1. The molecular formula is C16H22ClNOS. The maximum absolute atomic E-state index is 11.8. The first-order valence-electron chi connectivity index (χ1n) is 7.37. The number of nitrogens with one attached hydrogen (secondary N) is 1. The van der Waals surface area contributed by atoms with Crippen molar-refractivity contribution in [2.75, 3.05) is 12.3 Å². The number of carbonyl (C=O) groups excluding carboxylic acids is 1. The van der Waals surface area contributed by atoms with Crippen LogP contribution in [0.25, 0.3) is 0 Å². The molecule has 0 bridgehead atoms. The van der Waals surface area contributed by atoms with E-state index in [1.807, 2.05) is 36.0 Å². The van der Waals surface area contributed by atoms with Gasteiger partial charge in [-0.15, -0.1) is 0 Å². The summed E-state index contributed by atoms with van der Waals surface area (Å²) >= 11 is 8.08. The second-order valence-corrected chi connectivity index (χ2v) is 7.03. The number of rotatable bonds is 7. The quantitative estimate of drug-likeness (QED) is 0.769. The SMILES string of the molecule is O=C(CCc1ccccc1Cl)NCCSC1CCCC1. The molecule has 0 aliphatic heterocycles. The Kier molecular flexibility index (Phi) is 6.74. The van der Waals surface area contributed by atoms with Gasteiger partial charge in [-0.3, -0.25) is 4.79 Å². The minimum Gasteiger partial charge on any atom is -0.355 e. The maximum atomic E-state index is 11.8. The van der Waals surface area contributed by atoms with E-state index in [4.69, 9.17) is 11.6 Å². The van der Waals surface area contributed by atoms with Crippen molar-refractivity contribution in [1.29, 1.82) is 0 Å². The molecule has 4 heteroatoms. The number of amides is 1. The summed E-state index contributed by atoms with van der Waals surface area (Å²) in [5, 5.41) is 4.57. The van der Waals surface area contributed by atoms with Crippen LogP contribution < -0.4 is 5.32 Å². The van der Waals surface area contributed by atoms with Crippen LogP contribution in [0.2, 0.25) is 5.02 Å². The third kappa shape index (κ3) is 5.37. The highest BCUT2D eigenvalue weighted by atomic mass is 35.5. The average Bonchev–Trinajstić information content (AvgIpc) is 2.96. The number of halogens is 1. The van der Waals surface area contributed by atoms with Gasteiger partial charge in [0.15, 0.2) is 0 Å². The molecule has 0 radical (unpaired) electrons. The number of carbonyl (C=O) groups is 1. The lowest BCUT2D eigenvalue weighted by molar-refractivity contribution is -0.120. The van der Waals surface area contributed by atoms with Crippen molar-refractivity contribution >= 4 is 29.3 Å². The van der Waals surface area contributed by atoms with Crippen molar-refractivity contribution in [1.82, 2.24) is 5.32 Å². The largest absolute Gasteiger partial charge is 0.355 e. The first kappa shape index (κ1) is 15.7. The van der Waals surface area contributed by atoms with E-state index < -0.39 is 0 Å². The predicted molar refractivity (Wildman–Crippen MR) is 87.5 cm³/mol. The van der Waals surface area contributed by atoms with Crippen LogP contribution in [0.1, 0.15) is 37.7 Å². The summed E-state index contributed by atoms with van der Waals surface area (Å²) in [5.41, 5.74) is 1.05. The first-order chi connectivity index (χ1) is 9.75. The molecule has 0 spiro atoms. The Morgan fingerprint density at radius 1 is 1.30 bits per heavy atom. The van der Waals surface area contributed by atoms with Gasteiger partial charge in [-0.25, -0.2) is 0 Å². The number of hydrogen-bond acceptors (Lipinski definition) is 2. The Balaban J connectivity index is 1.57. The lowest BCUT2D eigenvalue weighted by Crippen LogP contribution is -2.26. The smallest absolute Gasteiger partial charge is 0.220 e. The zero-order chi connectivity index (χ0) is 14.2. The molecule has 110 valence electrons. The van der Waals surface area contributed by atoms with E-state index in [2.05, 4.69) is 5.32 Å². The minimum absolute atomic E-state index is 0.122. The molecular weight excluding hydrogens is 290 g/mol. The van der Waals surface area contributed by atoms with E-state index in [-0.39, 0.29) is 5.91 Å². The minimum atomic E-state index is 0.122. The molecule has 2 rings (SSSR count). The number of benzene rings is 1. The number of hydrogen-bond donors (Lipinski definition) is 1. The van der Waals surface area contributed by atoms with E-state index >= 15 is 0 Å². The van der Waals surface area contributed by atoms with Crippen LogP contribution in [0.4, 0.5) is 0 Å². The van der Waals surface area contributed by atoms with Crippen LogP contribution in [0.5, 0.6) is 0 Å². The molecule has 0 unspecified atom stereocenters. The third-order valence-electron chi connectivity index (χ3n) is 3.66. The van der Waals surface area contributed by atoms with E-state index in [9.17, 15) is 4.79 Å². The fourth-order valence-electron chi connectivity index (χ4n) is 2.51. The highest BCUT2D eigenvalue weighted by Crippen LogP contribution is 2.28. The second-order valence-electron chi connectivity index (χ2n) is 5.22. The van der Waals surface area contributed by atoms with Crippen molar-refractivity contribution in [2.24, 2.45) is 0 Å². The second kappa shape index (κ2) is 8.58. The third-order valence-corrected chi connectivity index (χ3v) is 5.41. The molecule has 0 aromatic heterocycles. The normalized spacial score (nSPS) is 15.4. The summed E-state index contributed by atoms with van der Waals surface area (Å²) in [6.07, 6.45) is 6.68. The molecule has 1 aliphatic rings. The molecule has 1 aromatic carbocycles. The first-order valence-corrected chi connectivity index (χ1v) is 8.80. The van der Waals surface area contributed by atoms with Crippen LogP contribution in [0, 0.1) is 0 Å². The molecule has 0 atom stereocenters.